The predicted molar refractivity (Wildman–Crippen MR) is 55.9 cm³/mol. The molecule has 3 nitrogen and oxygen atoms in total. The van der Waals surface area contributed by atoms with Crippen molar-refractivity contribution in [3.05, 3.63) is 29.8 Å². The number of hydrogen-bond donors (Lipinski definition) is 0. The fourth-order valence-corrected chi connectivity index (χ4v) is 1.80. The summed E-state index contributed by atoms with van der Waals surface area (Å²) in [6.45, 7) is 2.48. The second-order valence-corrected chi connectivity index (χ2v) is 3.54. The minimum atomic E-state index is 0.0710. The van der Waals surface area contributed by atoms with Gasteiger partial charge in [0.1, 0.15) is 0 Å². The number of hydrogen-bond acceptors (Lipinski definition) is 2. The van der Waals surface area contributed by atoms with Crippen LogP contribution in [-0.4, -0.2) is 24.5 Å². The van der Waals surface area contributed by atoms with E-state index in [1.165, 1.54) is 5.56 Å². The van der Waals surface area contributed by atoms with Gasteiger partial charge in [0.25, 0.3) is 0 Å². The first-order chi connectivity index (χ1) is 6.70. The first kappa shape index (κ1) is 9.06. The van der Waals surface area contributed by atoms with E-state index in [0.29, 0.717) is 0 Å². The van der Waals surface area contributed by atoms with Crippen LogP contribution < -0.4 is 5.01 Å². The summed E-state index contributed by atoms with van der Waals surface area (Å²) in [4.78, 5) is 11.2. The molecule has 1 aliphatic heterocycles. The molecule has 0 bridgehead atoms. The number of amides is 1. The van der Waals surface area contributed by atoms with E-state index in [0.717, 1.165) is 18.7 Å². The van der Waals surface area contributed by atoms with E-state index in [4.69, 9.17) is 0 Å². The van der Waals surface area contributed by atoms with Gasteiger partial charge in [0.05, 0.1) is 5.69 Å². The zero-order valence-corrected chi connectivity index (χ0v) is 8.53. The molecule has 2 rings (SSSR count). The molecule has 1 heterocycles. The van der Waals surface area contributed by atoms with E-state index >= 15 is 0 Å². The molecule has 0 radical (unpaired) electrons. The van der Waals surface area contributed by atoms with Crippen molar-refractivity contribution in [3.8, 4) is 0 Å². The third kappa shape index (κ3) is 1.35. The standard InChI is InChI=1S/C11H14N2O/c1-9(14)12(2)13-8-7-10-5-3-4-6-11(10)13/h3-6H,7-8H2,1-2H3. The first-order valence-electron chi connectivity index (χ1n) is 4.80. The molecule has 0 atom stereocenters. The minimum absolute atomic E-state index is 0.0710. The van der Waals surface area contributed by atoms with Crippen LogP contribution in [-0.2, 0) is 11.2 Å². The molecule has 3 heteroatoms. The fraction of sp³-hybridized carbons (Fsp3) is 0.364. The van der Waals surface area contributed by atoms with Crippen molar-refractivity contribution >= 4 is 11.6 Å². The number of para-hydroxylation sites is 1. The Morgan fingerprint density at radius 3 is 2.86 bits per heavy atom. The van der Waals surface area contributed by atoms with Gasteiger partial charge in [-0.3, -0.25) is 14.8 Å². The van der Waals surface area contributed by atoms with Crippen LogP contribution in [0, 0.1) is 0 Å². The molecular formula is C11H14N2O. The van der Waals surface area contributed by atoms with E-state index in [-0.39, 0.29) is 5.91 Å². The highest BCUT2D eigenvalue weighted by molar-refractivity contribution is 5.76. The normalized spacial score (nSPS) is 14.0. The Kier molecular flexibility index (Phi) is 2.15. The van der Waals surface area contributed by atoms with Gasteiger partial charge in [-0.15, -0.1) is 0 Å². The lowest BCUT2D eigenvalue weighted by atomic mass is 10.2. The molecule has 1 aliphatic rings. The Bertz CT molecular complexity index is 362. The van der Waals surface area contributed by atoms with Gasteiger partial charge in [-0.2, -0.15) is 0 Å². The largest absolute Gasteiger partial charge is 0.283 e. The fourth-order valence-electron chi connectivity index (χ4n) is 1.80. The molecule has 0 N–H and O–H groups in total. The predicted octanol–water partition coefficient (Wildman–Crippen LogP) is 1.44. The Morgan fingerprint density at radius 1 is 1.43 bits per heavy atom. The highest BCUT2D eigenvalue weighted by Crippen LogP contribution is 2.28. The van der Waals surface area contributed by atoms with Crippen molar-refractivity contribution in [2.24, 2.45) is 0 Å². The number of hydrazine groups is 1. The Balaban J connectivity index is 2.30. The lowest BCUT2D eigenvalue weighted by Gasteiger charge is -2.29. The van der Waals surface area contributed by atoms with Crippen LogP contribution in [0.15, 0.2) is 24.3 Å². The van der Waals surface area contributed by atoms with E-state index in [1.54, 1.807) is 11.9 Å². The quantitative estimate of drug-likeness (QED) is 0.669. The maximum Gasteiger partial charge on any atom is 0.237 e. The topological polar surface area (TPSA) is 23.6 Å². The molecule has 0 spiro atoms. The smallest absolute Gasteiger partial charge is 0.237 e. The average molecular weight is 190 g/mol. The SMILES string of the molecule is CC(=O)N(C)N1CCc2ccccc21. The first-order valence-corrected chi connectivity index (χ1v) is 4.80. The van der Waals surface area contributed by atoms with Crippen molar-refractivity contribution in [3.63, 3.8) is 0 Å². The van der Waals surface area contributed by atoms with Crippen molar-refractivity contribution in [2.75, 3.05) is 18.6 Å². The Labute approximate surface area is 83.9 Å². The van der Waals surface area contributed by atoms with E-state index in [9.17, 15) is 4.79 Å². The monoisotopic (exact) mass is 190 g/mol. The number of benzene rings is 1. The number of anilines is 1. The van der Waals surface area contributed by atoms with Gasteiger partial charge in [0.2, 0.25) is 5.91 Å². The summed E-state index contributed by atoms with van der Waals surface area (Å²) >= 11 is 0. The third-order valence-electron chi connectivity index (χ3n) is 2.68. The van der Waals surface area contributed by atoms with Crippen molar-refractivity contribution in [2.45, 2.75) is 13.3 Å². The van der Waals surface area contributed by atoms with E-state index < -0.39 is 0 Å². The molecule has 1 amide bonds. The minimum Gasteiger partial charge on any atom is -0.283 e. The van der Waals surface area contributed by atoms with Gasteiger partial charge in [-0.25, -0.2) is 0 Å². The Hall–Kier alpha value is -1.51. The molecular weight excluding hydrogens is 176 g/mol. The Morgan fingerprint density at radius 2 is 2.14 bits per heavy atom. The number of nitrogens with zero attached hydrogens (tertiary/aromatic N) is 2. The molecule has 0 aliphatic carbocycles. The van der Waals surface area contributed by atoms with Crippen LogP contribution in [0.2, 0.25) is 0 Å². The van der Waals surface area contributed by atoms with Crippen LogP contribution in [0.3, 0.4) is 0 Å². The van der Waals surface area contributed by atoms with Crippen LogP contribution in [0.5, 0.6) is 0 Å². The summed E-state index contributed by atoms with van der Waals surface area (Å²) in [5.74, 6) is 0.0710. The van der Waals surface area contributed by atoms with Gasteiger partial charge >= 0.3 is 0 Å². The maximum atomic E-state index is 11.2. The highest BCUT2D eigenvalue weighted by Gasteiger charge is 2.22. The van der Waals surface area contributed by atoms with Crippen LogP contribution in [0.1, 0.15) is 12.5 Å². The number of carbonyl (C=O) groups is 1. The van der Waals surface area contributed by atoms with E-state index in [2.05, 4.69) is 12.1 Å². The summed E-state index contributed by atoms with van der Waals surface area (Å²) in [5, 5.41) is 3.70. The molecule has 74 valence electrons. The molecule has 0 saturated heterocycles. The number of rotatable bonds is 1. The molecule has 14 heavy (non-hydrogen) atoms. The lowest BCUT2D eigenvalue weighted by molar-refractivity contribution is -0.128. The molecule has 1 aromatic rings. The number of fused-ring (bicyclic) bond motifs is 1. The van der Waals surface area contributed by atoms with Crippen molar-refractivity contribution in [1.29, 1.82) is 0 Å². The van der Waals surface area contributed by atoms with Crippen LogP contribution in [0.25, 0.3) is 0 Å². The molecule has 0 fully saturated rings. The van der Waals surface area contributed by atoms with Gasteiger partial charge in [-0.1, -0.05) is 18.2 Å². The molecule has 0 saturated carbocycles. The second kappa shape index (κ2) is 3.33. The highest BCUT2D eigenvalue weighted by atomic mass is 16.2. The summed E-state index contributed by atoms with van der Waals surface area (Å²) < 4.78 is 0. The zero-order valence-electron chi connectivity index (χ0n) is 8.53. The van der Waals surface area contributed by atoms with Gasteiger partial charge in [0, 0.05) is 20.5 Å². The lowest BCUT2D eigenvalue weighted by Crippen LogP contribution is -2.41. The summed E-state index contributed by atoms with van der Waals surface area (Å²) in [6, 6.07) is 8.21. The third-order valence-corrected chi connectivity index (χ3v) is 2.68. The molecule has 0 aromatic heterocycles. The van der Waals surface area contributed by atoms with Gasteiger partial charge < -0.3 is 0 Å². The maximum absolute atomic E-state index is 11.2. The second-order valence-electron chi connectivity index (χ2n) is 3.54. The number of carbonyl (C=O) groups excluding carboxylic acids is 1. The summed E-state index contributed by atoms with van der Waals surface area (Å²) in [7, 11) is 1.81. The van der Waals surface area contributed by atoms with Crippen molar-refractivity contribution in [1.82, 2.24) is 5.01 Å². The summed E-state index contributed by atoms with van der Waals surface area (Å²) in [6.07, 6.45) is 1.02. The average Bonchev–Trinajstić information content (AvgIpc) is 2.60. The zero-order chi connectivity index (χ0) is 10.1. The molecule has 0 unspecified atom stereocenters. The van der Waals surface area contributed by atoms with Crippen molar-refractivity contribution < 1.29 is 4.79 Å². The van der Waals surface area contributed by atoms with Crippen LogP contribution >= 0.6 is 0 Å². The van der Waals surface area contributed by atoms with E-state index in [1.807, 2.05) is 24.2 Å². The van der Waals surface area contributed by atoms with Gasteiger partial charge in [0.15, 0.2) is 0 Å². The molecule has 1 aromatic carbocycles. The van der Waals surface area contributed by atoms with Gasteiger partial charge in [-0.05, 0) is 18.1 Å². The van der Waals surface area contributed by atoms with Crippen LogP contribution in [0.4, 0.5) is 5.69 Å². The summed E-state index contributed by atoms with van der Waals surface area (Å²) in [5.41, 5.74) is 2.48.